The van der Waals surface area contributed by atoms with Crippen LogP contribution in [0, 0.1) is 5.92 Å². The van der Waals surface area contributed by atoms with Gasteiger partial charge in [-0.05, 0) is 31.6 Å². The molecule has 105 heavy (non-hydrogen) atoms. The summed E-state index contributed by atoms with van der Waals surface area (Å²) >= 11 is 0. The number of phosphoric ester groups is 2. The van der Waals surface area contributed by atoms with Gasteiger partial charge in [-0.15, -0.1) is 0 Å². The molecular formula is C86H168O17P2. The molecule has 2 unspecified atom stereocenters. The van der Waals surface area contributed by atoms with Gasteiger partial charge in [-0.25, -0.2) is 9.13 Å². The van der Waals surface area contributed by atoms with Crippen molar-refractivity contribution in [1.29, 1.82) is 0 Å². The number of aliphatic hydroxyl groups excluding tert-OH is 1. The Labute approximate surface area is 645 Å². The van der Waals surface area contributed by atoms with Gasteiger partial charge >= 0.3 is 39.5 Å². The Hall–Kier alpha value is -1.94. The number of hydrogen-bond donors (Lipinski definition) is 3. The Balaban J connectivity index is 5.21. The van der Waals surface area contributed by atoms with Gasteiger partial charge < -0.3 is 33.8 Å². The number of hydrogen-bond acceptors (Lipinski definition) is 15. The fourth-order valence-corrected chi connectivity index (χ4v) is 15.1. The molecule has 0 heterocycles. The lowest BCUT2D eigenvalue weighted by atomic mass is 10.0. The lowest BCUT2D eigenvalue weighted by Gasteiger charge is -2.21. The van der Waals surface area contributed by atoms with E-state index >= 15 is 0 Å². The van der Waals surface area contributed by atoms with E-state index in [1.807, 2.05) is 0 Å². The Kier molecular flexibility index (Phi) is 77.3. The predicted octanol–water partition coefficient (Wildman–Crippen LogP) is 26.4. The van der Waals surface area contributed by atoms with E-state index in [-0.39, 0.29) is 25.7 Å². The highest BCUT2D eigenvalue weighted by Crippen LogP contribution is 2.45. The zero-order valence-electron chi connectivity index (χ0n) is 68.9. The van der Waals surface area contributed by atoms with Crippen LogP contribution in [-0.4, -0.2) is 96.7 Å². The zero-order chi connectivity index (χ0) is 76.9. The number of rotatable bonds is 86. The van der Waals surface area contributed by atoms with Crippen LogP contribution in [-0.2, 0) is 65.4 Å². The Bertz CT molecular complexity index is 2000. The molecule has 19 heteroatoms. The first-order valence-electron chi connectivity index (χ1n) is 44.6. The number of unbranched alkanes of at least 4 members (excludes halogenated alkanes) is 58. The van der Waals surface area contributed by atoms with Crippen LogP contribution >= 0.6 is 15.6 Å². The number of ether oxygens (including phenoxy) is 4. The molecule has 3 N–H and O–H groups in total. The molecule has 0 aliphatic carbocycles. The molecular weight excluding hydrogens is 1370 g/mol. The van der Waals surface area contributed by atoms with E-state index in [0.29, 0.717) is 25.7 Å². The molecule has 0 saturated carbocycles. The number of carbonyl (C=O) groups is 4. The van der Waals surface area contributed by atoms with Crippen molar-refractivity contribution < 1.29 is 80.2 Å². The van der Waals surface area contributed by atoms with Gasteiger partial charge in [-0.3, -0.25) is 37.3 Å². The van der Waals surface area contributed by atoms with Crippen LogP contribution in [0.1, 0.15) is 465 Å². The SMILES string of the molecule is CCCCCCCCCCCCCCCCCCCCCCC(=O)O[C@H](COC(=O)CCCCCCCCCCCCCCCCCCCCC)COP(=O)(O)OC[C@@H](O)COP(=O)(O)OC[C@@H](COC(=O)CCCCCCCCCCC)OC(=O)CCCCCCCCCCCCCCCCC(C)C. The monoisotopic (exact) mass is 1540 g/mol. The molecule has 0 amide bonds. The van der Waals surface area contributed by atoms with Crippen molar-refractivity contribution in [3.63, 3.8) is 0 Å². The van der Waals surface area contributed by atoms with Gasteiger partial charge in [0.05, 0.1) is 26.4 Å². The average Bonchev–Trinajstić information content (AvgIpc) is 0.914. The molecule has 0 aromatic heterocycles. The molecule has 624 valence electrons. The third-order valence-corrected chi connectivity index (χ3v) is 22.2. The summed E-state index contributed by atoms with van der Waals surface area (Å²) in [5, 5.41) is 10.7. The van der Waals surface area contributed by atoms with Gasteiger partial charge in [0.15, 0.2) is 12.2 Å². The van der Waals surface area contributed by atoms with Crippen LogP contribution < -0.4 is 0 Å². The van der Waals surface area contributed by atoms with E-state index in [1.54, 1.807) is 0 Å². The normalized spacial score (nSPS) is 13.8. The maximum atomic E-state index is 13.1. The summed E-state index contributed by atoms with van der Waals surface area (Å²) in [5.74, 6) is -1.31. The number of aliphatic hydroxyl groups is 1. The van der Waals surface area contributed by atoms with Crippen molar-refractivity contribution in [2.24, 2.45) is 5.92 Å². The molecule has 0 aliphatic heterocycles. The molecule has 0 saturated heterocycles. The van der Waals surface area contributed by atoms with Crippen LogP contribution in [0.3, 0.4) is 0 Å². The first-order chi connectivity index (χ1) is 51.0. The van der Waals surface area contributed by atoms with Gasteiger partial charge in [-0.1, -0.05) is 413 Å². The minimum atomic E-state index is -4.96. The molecule has 0 aromatic rings. The fraction of sp³-hybridized carbons (Fsp3) is 0.953. The van der Waals surface area contributed by atoms with Crippen molar-refractivity contribution in [2.45, 2.75) is 483 Å². The van der Waals surface area contributed by atoms with Crippen LogP contribution in [0.15, 0.2) is 0 Å². The lowest BCUT2D eigenvalue weighted by molar-refractivity contribution is -0.161. The maximum absolute atomic E-state index is 13.1. The van der Waals surface area contributed by atoms with Crippen LogP contribution in [0.2, 0.25) is 0 Å². The average molecular weight is 1540 g/mol. The van der Waals surface area contributed by atoms with Gasteiger partial charge in [0, 0.05) is 25.7 Å². The summed E-state index contributed by atoms with van der Waals surface area (Å²) in [4.78, 5) is 73.2. The number of carbonyl (C=O) groups excluding carboxylic acids is 4. The second kappa shape index (κ2) is 78.7. The van der Waals surface area contributed by atoms with Crippen LogP contribution in [0.4, 0.5) is 0 Å². The largest absolute Gasteiger partial charge is 0.472 e. The molecule has 17 nitrogen and oxygen atoms in total. The third-order valence-electron chi connectivity index (χ3n) is 20.3. The predicted molar refractivity (Wildman–Crippen MR) is 432 cm³/mol. The van der Waals surface area contributed by atoms with Crippen molar-refractivity contribution in [2.75, 3.05) is 39.6 Å². The van der Waals surface area contributed by atoms with E-state index < -0.39 is 97.5 Å². The van der Waals surface area contributed by atoms with Gasteiger partial charge in [0.1, 0.15) is 19.3 Å². The summed E-state index contributed by atoms with van der Waals surface area (Å²) in [6.07, 6.45) is 72.3. The van der Waals surface area contributed by atoms with Gasteiger partial charge in [0.25, 0.3) is 0 Å². The standard InChI is InChI=1S/C86H168O17P2/c1-6-9-12-15-18-21-23-25-27-29-31-33-35-37-42-46-51-56-61-66-71-86(91)103-82(76-97-84(89)70-65-60-55-50-45-41-36-34-32-30-28-26-24-22-19-16-13-10-7-2)78-101-105(94,95)99-74-80(87)73-98-104(92,93)100-77-81(75-96-83(88)69-64-59-54-48-20-17-14-11-8-3)102-85(90)72-67-62-57-52-47-43-39-38-40-44-49-53-58-63-68-79(4)5/h79-82,87H,6-78H2,1-5H3,(H,92,93)(H,94,95)/t80-,81+,82+/m0/s1. The Morgan fingerprint density at radius 2 is 0.438 bits per heavy atom. The van der Waals surface area contributed by atoms with E-state index in [1.165, 1.54) is 289 Å². The summed E-state index contributed by atoms with van der Waals surface area (Å²) in [6.45, 7) is 7.37. The summed E-state index contributed by atoms with van der Waals surface area (Å²) in [6, 6.07) is 0. The van der Waals surface area contributed by atoms with Crippen LogP contribution in [0.5, 0.6) is 0 Å². The van der Waals surface area contributed by atoms with Gasteiger partial charge in [-0.2, -0.15) is 0 Å². The topological polar surface area (TPSA) is 237 Å². The fourth-order valence-electron chi connectivity index (χ4n) is 13.5. The Morgan fingerprint density at radius 1 is 0.257 bits per heavy atom. The molecule has 0 fully saturated rings. The summed E-state index contributed by atoms with van der Waals surface area (Å²) in [5.41, 5.74) is 0. The molecule has 0 bridgehead atoms. The highest BCUT2D eigenvalue weighted by atomic mass is 31.2. The molecule has 0 rings (SSSR count). The van der Waals surface area contributed by atoms with E-state index in [2.05, 4.69) is 34.6 Å². The van der Waals surface area contributed by atoms with Crippen molar-refractivity contribution >= 4 is 39.5 Å². The second-order valence-corrected chi connectivity index (χ2v) is 34.3. The van der Waals surface area contributed by atoms with Gasteiger partial charge in [0.2, 0.25) is 0 Å². The van der Waals surface area contributed by atoms with E-state index in [0.717, 1.165) is 95.8 Å². The molecule has 0 aliphatic rings. The molecule has 0 spiro atoms. The first-order valence-corrected chi connectivity index (χ1v) is 47.6. The van der Waals surface area contributed by atoms with E-state index in [4.69, 9.17) is 37.0 Å². The van der Waals surface area contributed by atoms with Crippen molar-refractivity contribution in [3.05, 3.63) is 0 Å². The minimum Gasteiger partial charge on any atom is -0.462 e. The number of phosphoric acid groups is 2. The highest BCUT2D eigenvalue weighted by molar-refractivity contribution is 7.47. The lowest BCUT2D eigenvalue weighted by Crippen LogP contribution is -2.30. The minimum absolute atomic E-state index is 0.108. The highest BCUT2D eigenvalue weighted by Gasteiger charge is 2.30. The summed E-state index contributed by atoms with van der Waals surface area (Å²) in [7, 11) is -9.92. The zero-order valence-corrected chi connectivity index (χ0v) is 70.7. The number of esters is 4. The third kappa shape index (κ3) is 79.9. The summed E-state index contributed by atoms with van der Waals surface area (Å²) < 4.78 is 68.9. The molecule has 0 radical (unpaired) electrons. The first kappa shape index (κ1) is 103. The van der Waals surface area contributed by atoms with Crippen molar-refractivity contribution in [1.82, 2.24) is 0 Å². The Morgan fingerprint density at radius 3 is 0.648 bits per heavy atom. The smallest absolute Gasteiger partial charge is 0.462 e. The van der Waals surface area contributed by atoms with Crippen molar-refractivity contribution in [3.8, 4) is 0 Å². The van der Waals surface area contributed by atoms with Crippen LogP contribution in [0.25, 0.3) is 0 Å². The molecule has 5 atom stereocenters. The second-order valence-electron chi connectivity index (χ2n) is 31.4. The van der Waals surface area contributed by atoms with E-state index in [9.17, 15) is 43.2 Å². The quantitative estimate of drug-likeness (QED) is 0.0222. The molecule has 0 aromatic carbocycles. The maximum Gasteiger partial charge on any atom is 0.472 e.